The Labute approximate surface area is 125 Å². The first-order valence-electron chi connectivity index (χ1n) is 6.43. The molecule has 0 saturated heterocycles. The number of phenols is 1. The van der Waals surface area contributed by atoms with Crippen molar-refractivity contribution >= 4 is 11.3 Å². The first-order valence-corrected chi connectivity index (χ1v) is 7.24. The molecule has 1 aromatic carbocycles. The zero-order valence-electron chi connectivity index (χ0n) is 11.4. The molecule has 0 aliphatic carbocycles. The molecule has 2 heterocycles. The van der Waals surface area contributed by atoms with E-state index in [0.717, 1.165) is 21.1 Å². The lowest BCUT2D eigenvalue weighted by molar-refractivity contribution is 0.424. The largest absolute Gasteiger partial charge is 0.508 e. The molecule has 0 amide bonds. The van der Waals surface area contributed by atoms with E-state index in [9.17, 15) is 5.11 Å². The smallest absolute Gasteiger partial charge is 0.269 e. The Hall–Kier alpha value is -2.25. The average molecular weight is 302 g/mol. The molecule has 0 radical (unpaired) electrons. The van der Waals surface area contributed by atoms with Gasteiger partial charge < -0.3 is 15.4 Å². The highest BCUT2D eigenvalue weighted by Gasteiger charge is 2.16. The van der Waals surface area contributed by atoms with Gasteiger partial charge in [-0.05, 0) is 24.6 Å². The molecule has 0 unspecified atom stereocenters. The molecule has 0 atom stereocenters. The van der Waals surface area contributed by atoms with Gasteiger partial charge in [0, 0.05) is 13.0 Å². The highest BCUT2D eigenvalue weighted by Crippen LogP contribution is 2.28. The first kappa shape index (κ1) is 13.7. The van der Waals surface area contributed by atoms with Gasteiger partial charge in [-0.15, -0.1) is 11.3 Å². The van der Waals surface area contributed by atoms with Crippen molar-refractivity contribution < 1.29 is 9.63 Å². The molecule has 0 saturated carbocycles. The SMILES string of the molecule is Cc1nc(CN)sc1-c1nc(Cc2ccc(O)cc2)no1. The van der Waals surface area contributed by atoms with Gasteiger partial charge in [0.25, 0.3) is 5.89 Å². The minimum Gasteiger partial charge on any atom is -0.508 e. The Kier molecular flexibility index (Phi) is 3.68. The third kappa shape index (κ3) is 2.93. The molecule has 3 rings (SSSR count). The quantitative estimate of drug-likeness (QED) is 0.767. The summed E-state index contributed by atoms with van der Waals surface area (Å²) in [5.74, 6) is 1.30. The minimum atomic E-state index is 0.238. The number of aromatic nitrogens is 3. The van der Waals surface area contributed by atoms with Crippen LogP contribution in [-0.2, 0) is 13.0 Å². The molecule has 108 valence electrons. The maximum atomic E-state index is 9.27. The van der Waals surface area contributed by atoms with Gasteiger partial charge >= 0.3 is 0 Å². The van der Waals surface area contributed by atoms with Gasteiger partial charge in [-0.3, -0.25) is 0 Å². The third-order valence-corrected chi connectivity index (χ3v) is 4.14. The fraction of sp³-hybridized carbons (Fsp3) is 0.214. The van der Waals surface area contributed by atoms with Crippen molar-refractivity contribution in [1.82, 2.24) is 15.1 Å². The van der Waals surface area contributed by atoms with Crippen LogP contribution >= 0.6 is 11.3 Å². The number of aromatic hydroxyl groups is 1. The summed E-state index contributed by atoms with van der Waals surface area (Å²) < 4.78 is 5.30. The molecule has 0 fully saturated rings. The van der Waals surface area contributed by atoms with E-state index in [1.165, 1.54) is 11.3 Å². The molecular formula is C14H14N4O2S. The van der Waals surface area contributed by atoms with E-state index in [1.54, 1.807) is 12.1 Å². The Balaban J connectivity index is 1.82. The second-order valence-corrected chi connectivity index (χ2v) is 5.67. The van der Waals surface area contributed by atoms with E-state index in [2.05, 4.69) is 15.1 Å². The lowest BCUT2D eigenvalue weighted by Crippen LogP contribution is -1.94. The first-order chi connectivity index (χ1) is 10.2. The molecule has 0 bridgehead atoms. The van der Waals surface area contributed by atoms with Crippen molar-refractivity contribution in [3.05, 3.63) is 46.4 Å². The number of hydrogen-bond donors (Lipinski definition) is 2. The van der Waals surface area contributed by atoms with Crippen LogP contribution < -0.4 is 5.73 Å². The number of nitrogens with two attached hydrogens (primary N) is 1. The van der Waals surface area contributed by atoms with Crippen molar-refractivity contribution in [3.63, 3.8) is 0 Å². The molecule has 3 N–H and O–H groups in total. The van der Waals surface area contributed by atoms with Gasteiger partial charge in [-0.2, -0.15) is 4.98 Å². The van der Waals surface area contributed by atoms with Gasteiger partial charge in [0.15, 0.2) is 5.82 Å². The van der Waals surface area contributed by atoms with Crippen molar-refractivity contribution in [2.45, 2.75) is 19.9 Å². The fourth-order valence-electron chi connectivity index (χ4n) is 1.95. The van der Waals surface area contributed by atoms with E-state index < -0.39 is 0 Å². The van der Waals surface area contributed by atoms with Gasteiger partial charge in [0.2, 0.25) is 0 Å². The molecule has 3 aromatic rings. The zero-order chi connectivity index (χ0) is 14.8. The standard InChI is InChI=1S/C14H14N4O2S/c1-8-13(21-12(7-15)16-8)14-17-11(18-20-14)6-9-2-4-10(19)5-3-9/h2-5,19H,6-7,15H2,1H3. The molecule has 7 heteroatoms. The number of phenolic OH excluding ortho intramolecular Hbond substituents is 1. The molecular weight excluding hydrogens is 288 g/mol. The second kappa shape index (κ2) is 5.63. The van der Waals surface area contributed by atoms with Gasteiger partial charge in [0.05, 0.1) is 5.69 Å². The Morgan fingerprint density at radius 3 is 2.67 bits per heavy atom. The average Bonchev–Trinajstić information content (AvgIpc) is 3.07. The molecule has 2 aromatic heterocycles. The van der Waals surface area contributed by atoms with Crippen LogP contribution in [0.1, 0.15) is 22.1 Å². The number of thiazole rings is 1. The fourth-order valence-corrected chi connectivity index (χ4v) is 2.82. The molecule has 0 aliphatic heterocycles. The number of benzene rings is 1. The van der Waals surface area contributed by atoms with Crippen molar-refractivity contribution in [2.24, 2.45) is 5.73 Å². The van der Waals surface area contributed by atoms with E-state index >= 15 is 0 Å². The summed E-state index contributed by atoms with van der Waals surface area (Å²) in [7, 11) is 0. The normalized spacial score (nSPS) is 11.0. The summed E-state index contributed by atoms with van der Waals surface area (Å²) in [6.07, 6.45) is 0.547. The molecule has 21 heavy (non-hydrogen) atoms. The van der Waals surface area contributed by atoms with Gasteiger partial charge in [0.1, 0.15) is 15.6 Å². The number of aryl methyl sites for hydroxylation is 1. The summed E-state index contributed by atoms with van der Waals surface area (Å²) in [6.45, 7) is 2.30. The number of hydrogen-bond acceptors (Lipinski definition) is 7. The van der Waals surface area contributed by atoms with E-state index in [1.807, 2.05) is 19.1 Å². The number of rotatable bonds is 4. The Morgan fingerprint density at radius 1 is 1.24 bits per heavy atom. The van der Waals surface area contributed by atoms with Crippen LogP contribution in [0.3, 0.4) is 0 Å². The summed E-state index contributed by atoms with van der Waals surface area (Å²) in [5, 5.41) is 14.1. The molecule has 0 spiro atoms. The Bertz CT molecular complexity index is 749. The van der Waals surface area contributed by atoms with Crippen LogP contribution in [-0.4, -0.2) is 20.2 Å². The highest BCUT2D eigenvalue weighted by molar-refractivity contribution is 7.15. The minimum absolute atomic E-state index is 0.238. The van der Waals surface area contributed by atoms with E-state index in [0.29, 0.717) is 24.7 Å². The van der Waals surface area contributed by atoms with Crippen LogP contribution in [0, 0.1) is 6.92 Å². The van der Waals surface area contributed by atoms with Gasteiger partial charge in [-0.25, -0.2) is 4.98 Å². The second-order valence-electron chi connectivity index (χ2n) is 4.59. The van der Waals surface area contributed by atoms with Crippen molar-refractivity contribution in [2.75, 3.05) is 0 Å². The monoisotopic (exact) mass is 302 g/mol. The van der Waals surface area contributed by atoms with Crippen LogP contribution in [0.2, 0.25) is 0 Å². The third-order valence-electron chi connectivity index (χ3n) is 2.98. The maximum absolute atomic E-state index is 9.27. The molecule has 6 nitrogen and oxygen atoms in total. The van der Waals surface area contributed by atoms with Crippen LogP contribution in [0.15, 0.2) is 28.8 Å². The topological polar surface area (TPSA) is 98.1 Å². The van der Waals surface area contributed by atoms with E-state index in [-0.39, 0.29) is 5.75 Å². The van der Waals surface area contributed by atoms with Crippen LogP contribution in [0.4, 0.5) is 0 Å². The van der Waals surface area contributed by atoms with Crippen molar-refractivity contribution in [1.29, 1.82) is 0 Å². The zero-order valence-corrected chi connectivity index (χ0v) is 12.2. The Morgan fingerprint density at radius 2 is 2.00 bits per heavy atom. The summed E-state index contributed by atoms with van der Waals surface area (Å²) in [5.41, 5.74) is 7.44. The lowest BCUT2D eigenvalue weighted by Gasteiger charge is -1.96. The summed E-state index contributed by atoms with van der Waals surface area (Å²) in [6, 6.07) is 6.93. The predicted octanol–water partition coefficient (Wildman–Crippen LogP) is 2.26. The predicted molar refractivity (Wildman–Crippen MR) is 78.9 cm³/mol. The highest BCUT2D eigenvalue weighted by atomic mass is 32.1. The van der Waals surface area contributed by atoms with Crippen LogP contribution in [0.25, 0.3) is 10.8 Å². The number of nitrogens with zero attached hydrogens (tertiary/aromatic N) is 3. The molecule has 0 aliphatic rings. The van der Waals surface area contributed by atoms with Crippen molar-refractivity contribution in [3.8, 4) is 16.5 Å². The maximum Gasteiger partial charge on any atom is 0.269 e. The van der Waals surface area contributed by atoms with Crippen LogP contribution in [0.5, 0.6) is 5.75 Å². The lowest BCUT2D eigenvalue weighted by atomic mass is 10.1. The summed E-state index contributed by atoms with van der Waals surface area (Å²) in [4.78, 5) is 9.60. The summed E-state index contributed by atoms with van der Waals surface area (Å²) >= 11 is 1.47. The van der Waals surface area contributed by atoms with Gasteiger partial charge in [-0.1, -0.05) is 17.3 Å². The van der Waals surface area contributed by atoms with E-state index in [4.69, 9.17) is 10.3 Å².